The lowest BCUT2D eigenvalue weighted by Gasteiger charge is -2.26. The quantitative estimate of drug-likeness (QED) is 0.171. The van der Waals surface area contributed by atoms with Crippen LogP contribution in [0.3, 0.4) is 0 Å². The van der Waals surface area contributed by atoms with E-state index < -0.39 is 0 Å². The number of nitrogens with zero attached hydrogens (tertiary/aromatic N) is 3. The second-order valence-corrected chi connectivity index (χ2v) is 16.5. The lowest BCUT2D eigenvalue weighted by atomic mass is 9.87. The van der Waals surface area contributed by atoms with E-state index >= 15 is 0 Å². The molecule has 0 fully saturated rings. The van der Waals surface area contributed by atoms with E-state index in [1.54, 1.807) is 0 Å². The highest BCUT2D eigenvalue weighted by molar-refractivity contribution is 6.18. The molecule has 0 spiro atoms. The van der Waals surface area contributed by atoms with Crippen LogP contribution < -0.4 is 0 Å². The molecule has 0 N–H and O–H groups in total. The number of rotatable bonds is 5. The van der Waals surface area contributed by atoms with Gasteiger partial charge >= 0.3 is 0 Å². The summed E-state index contributed by atoms with van der Waals surface area (Å²) in [4.78, 5) is 11.4. The van der Waals surface area contributed by atoms with E-state index in [9.17, 15) is 0 Å². The molecule has 9 aromatic carbocycles. The molecule has 12 rings (SSSR count). The first-order valence-electron chi connectivity index (χ1n) is 21.3. The molecule has 11 aromatic rings. The monoisotopic (exact) mass is 783 g/mol. The number of aliphatic imine (C=N–C) groups is 2. The van der Waals surface area contributed by atoms with Gasteiger partial charge in [-0.05, 0) is 93.4 Å². The van der Waals surface area contributed by atoms with Gasteiger partial charge in [-0.2, -0.15) is 0 Å². The molecule has 2 aromatic heterocycles. The summed E-state index contributed by atoms with van der Waals surface area (Å²) in [6, 6.07) is 69.5. The zero-order valence-electron chi connectivity index (χ0n) is 33.8. The van der Waals surface area contributed by atoms with E-state index in [1.165, 1.54) is 49.1 Å². The predicted molar refractivity (Wildman–Crippen MR) is 256 cm³/mol. The molecule has 4 nitrogen and oxygen atoms in total. The summed E-state index contributed by atoms with van der Waals surface area (Å²) < 4.78 is 9.34. The van der Waals surface area contributed by atoms with E-state index in [1.807, 2.05) is 0 Å². The molecule has 61 heavy (non-hydrogen) atoms. The maximum absolute atomic E-state index is 6.90. The van der Waals surface area contributed by atoms with Gasteiger partial charge in [0.15, 0.2) is 5.84 Å². The van der Waals surface area contributed by atoms with Crippen LogP contribution in [0.15, 0.2) is 209 Å². The third-order valence-corrected chi connectivity index (χ3v) is 12.8. The summed E-state index contributed by atoms with van der Waals surface area (Å²) in [6.07, 6.45) is 1.72. The fourth-order valence-corrected chi connectivity index (χ4v) is 9.73. The Balaban J connectivity index is 1.11. The van der Waals surface area contributed by atoms with Crippen LogP contribution in [0.5, 0.6) is 0 Å². The van der Waals surface area contributed by atoms with Crippen molar-refractivity contribution in [1.82, 2.24) is 4.57 Å². The van der Waals surface area contributed by atoms with Gasteiger partial charge in [-0.1, -0.05) is 165 Å². The molecule has 1 aliphatic rings. The largest absolute Gasteiger partial charge is 0.456 e. The normalized spacial score (nSPS) is 16.0. The first-order valence-corrected chi connectivity index (χ1v) is 21.3. The lowest BCUT2D eigenvalue weighted by molar-refractivity contribution is 0.444. The number of hydrogen-bond donors (Lipinski definition) is 0. The summed E-state index contributed by atoms with van der Waals surface area (Å²) in [7, 11) is 0. The van der Waals surface area contributed by atoms with E-state index in [0.29, 0.717) is 0 Å². The molecule has 2 atom stereocenters. The molecule has 0 saturated heterocycles. The first kappa shape index (κ1) is 35.4. The minimum atomic E-state index is -0.239. The third kappa shape index (κ3) is 5.97. The van der Waals surface area contributed by atoms with Crippen molar-refractivity contribution in [2.45, 2.75) is 25.8 Å². The van der Waals surface area contributed by atoms with Crippen molar-refractivity contribution in [2.24, 2.45) is 15.9 Å². The van der Waals surface area contributed by atoms with Crippen LogP contribution in [0.25, 0.3) is 82.1 Å². The maximum atomic E-state index is 6.90. The fourth-order valence-electron chi connectivity index (χ4n) is 9.73. The molecule has 0 aliphatic carbocycles. The molecule has 290 valence electrons. The van der Waals surface area contributed by atoms with Crippen molar-refractivity contribution in [3.8, 4) is 16.8 Å². The third-order valence-electron chi connectivity index (χ3n) is 12.8. The Hall–Kier alpha value is -7.56. The lowest BCUT2D eigenvalue weighted by Crippen LogP contribution is -2.18. The topological polar surface area (TPSA) is 42.8 Å². The Morgan fingerprint density at radius 1 is 0.508 bits per heavy atom. The Bertz CT molecular complexity index is 3550. The summed E-state index contributed by atoms with van der Waals surface area (Å²) in [6.45, 7) is 2.35. The number of amidine groups is 1. The minimum absolute atomic E-state index is 0.160. The van der Waals surface area contributed by atoms with Gasteiger partial charge in [-0.15, -0.1) is 0 Å². The number of para-hydroxylation sites is 2. The van der Waals surface area contributed by atoms with Gasteiger partial charge in [0.05, 0.1) is 22.8 Å². The smallest absolute Gasteiger partial charge is 0.156 e. The molecule has 4 heteroatoms. The van der Waals surface area contributed by atoms with Gasteiger partial charge in [-0.3, -0.25) is 4.99 Å². The molecule has 1 aliphatic heterocycles. The van der Waals surface area contributed by atoms with Gasteiger partial charge in [-0.25, -0.2) is 4.99 Å². The SMILES string of the molecule is C[C@@H]1CCC(c2ccc(-c3ccccc3)cc2)=NC(c2cccc3ccccc23)=NC1c1cc(-n2c3ccccc3c3cc4ccccc4cc32)cc2c1oc1ccccc12. The molecule has 0 radical (unpaired) electrons. The van der Waals surface area contributed by atoms with Crippen molar-refractivity contribution in [1.29, 1.82) is 0 Å². The van der Waals surface area contributed by atoms with E-state index in [4.69, 9.17) is 14.4 Å². The van der Waals surface area contributed by atoms with Crippen molar-refractivity contribution < 1.29 is 4.42 Å². The van der Waals surface area contributed by atoms with Crippen LogP contribution in [-0.2, 0) is 0 Å². The summed E-state index contributed by atoms with van der Waals surface area (Å²) in [5.74, 6) is 0.904. The van der Waals surface area contributed by atoms with Gasteiger partial charge < -0.3 is 8.98 Å². The van der Waals surface area contributed by atoms with Crippen molar-refractivity contribution >= 4 is 76.8 Å². The van der Waals surface area contributed by atoms with Crippen LogP contribution in [0.4, 0.5) is 0 Å². The van der Waals surface area contributed by atoms with Crippen LogP contribution >= 0.6 is 0 Å². The first-order chi connectivity index (χ1) is 30.1. The number of hydrogen-bond acceptors (Lipinski definition) is 3. The highest BCUT2D eigenvalue weighted by atomic mass is 16.3. The standard InChI is InChI=1S/C57H41N3O/c1-36-26-31-51(40-29-27-38(28-30-40)37-14-3-2-4-15-37)58-57(47-23-13-19-39-16-7-8-20-44(39)47)59-55(36)50-35-43(34-49-46-22-10-12-25-54(46)61-56(49)50)60-52-24-11-9-21-45(52)48-32-41-17-5-6-18-42(41)33-53(48)60/h2-25,27-30,32-36,55H,26,31H2,1H3/t36-,55?/m1/s1. The zero-order valence-corrected chi connectivity index (χ0v) is 33.8. The van der Waals surface area contributed by atoms with E-state index in [-0.39, 0.29) is 12.0 Å². The van der Waals surface area contributed by atoms with Crippen LogP contribution in [0.2, 0.25) is 0 Å². The summed E-state index contributed by atoms with van der Waals surface area (Å²) in [5, 5.41) is 9.42. The molecular weight excluding hydrogens is 743 g/mol. The predicted octanol–water partition coefficient (Wildman–Crippen LogP) is 15.1. The molecule has 3 heterocycles. The van der Waals surface area contributed by atoms with E-state index in [2.05, 4.69) is 206 Å². The average Bonchev–Trinajstić information content (AvgIpc) is 3.85. The summed E-state index contributed by atoms with van der Waals surface area (Å²) >= 11 is 0. The zero-order chi connectivity index (χ0) is 40.4. The van der Waals surface area contributed by atoms with Crippen LogP contribution in [0.1, 0.15) is 42.5 Å². The highest BCUT2D eigenvalue weighted by Gasteiger charge is 2.29. The number of fused-ring (bicyclic) bond motifs is 8. The maximum Gasteiger partial charge on any atom is 0.156 e. The van der Waals surface area contributed by atoms with Gasteiger partial charge in [0.25, 0.3) is 0 Å². The van der Waals surface area contributed by atoms with Crippen LogP contribution in [0, 0.1) is 5.92 Å². The van der Waals surface area contributed by atoms with Gasteiger partial charge in [0.2, 0.25) is 0 Å². The second-order valence-electron chi connectivity index (χ2n) is 16.5. The van der Waals surface area contributed by atoms with Crippen LogP contribution in [-0.4, -0.2) is 16.1 Å². The molecule has 1 unspecified atom stereocenters. The Morgan fingerprint density at radius 3 is 2.00 bits per heavy atom. The molecule has 0 saturated carbocycles. The van der Waals surface area contributed by atoms with Gasteiger partial charge in [0.1, 0.15) is 11.2 Å². The van der Waals surface area contributed by atoms with Crippen molar-refractivity contribution in [3.63, 3.8) is 0 Å². The highest BCUT2D eigenvalue weighted by Crippen LogP contribution is 2.43. The number of benzene rings is 9. The molecule has 0 amide bonds. The minimum Gasteiger partial charge on any atom is -0.456 e. The van der Waals surface area contributed by atoms with Gasteiger partial charge in [0, 0.05) is 38.4 Å². The molecule has 0 bridgehead atoms. The van der Waals surface area contributed by atoms with Crippen molar-refractivity contribution in [3.05, 3.63) is 211 Å². The second kappa shape index (κ2) is 14.3. The summed E-state index contributed by atoms with van der Waals surface area (Å²) in [5.41, 5.74) is 11.9. The average molecular weight is 784 g/mol. The Labute approximate surface area is 353 Å². The Kier molecular flexibility index (Phi) is 8.31. The fraction of sp³-hybridized carbons (Fsp3) is 0.0877. The van der Waals surface area contributed by atoms with Crippen molar-refractivity contribution in [2.75, 3.05) is 0 Å². The number of aromatic nitrogens is 1. The molecular formula is C57H41N3O. The number of furan rings is 1. The Morgan fingerprint density at radius 2 is 1.16 bits per heavy atom. The van der Waals surface area contributed by atoms with E-state index in [0.717, 1.165) is 74.1 Å².